The third-order valence-electron chi connectivity index (χ3n) is 2.57. The highest BCUT2D eigenvalue weighted by molar-refractivity contribution is 6.35. The molecule has 2 aromatic rings. The maximum absolute atomic E-state index is 11.3. The van der Waals surface area contributed by atoms with Gasteiger partial charge in [0.1, 0.15) is 5.82 Å². The maximum Gasteiger partial charge on any atom is 0.251 e. The molecule has 18 heavy (non-hydrogen) atoms. The molecule has 0 saturated heterocycles. The number of aromatic nitrogens is 2. The molecule has 0 unspecified atom stereocenters. The number of aromatic amines is 1. The topological polar surface area (TPSA) is 45.8 Å². The molecule has 94 valence electrons. The lowest BCUT2D eigenvalue weighted by atomic mass is 10.1. The number of hydrogen-bond acceptors (Lipinski definition) is 2. The highest BCUT2D eigenvalue weighted by Gasteiger charge is 2.04. The molecule has 3 nitrogen and oxygen atoms in total. The van der Waals surface area contributed by atoms with Crippen molar-refractivity contribution < 1.29 is 0 Å². The van der Waals surface area contributed by atoms with E-state index in [4.69, 9.17) is 23.2 Å². The van der Waals surface area contributed by atoms with Gasteiger partial charge in [-0.2, -0.15) is 0 Å². The molecule has 0 atom stereocenters. The summed E-state index contributed by atoms with van der Waals surface area (Å²) in [5.41, 5.74) is 1.58. The van der Waals surface area contributed by atoms with Crippen LogP contribution in [0.15, 0.2) is 29.1 Å². The zero-order valence-corrected chi connectivity index (χ0v) is 11.3. The first-order valence-corrected chi connectivity index (χ1v) is 6.31. The lowest BCUT2D eigenvalue weighted by molar-refractivity contribution is 0.835. The van der Waals surface area contributed by atoms with Crippen molar-refractivity contribution in [2.24, 2.45) is 0 Å². The Balaban J connectivity index is 2.13. The van der Waals surface area contributed by atoms with Crippen LogP contribution >= 0.6 is 23.2 Å². The van der Waals surface area contributed by atoms with Gasteiger partial charge in [-0.3, -0.25) is 4.79 Å². The number of H-pyrrole nitrogens is 1. The standard InChI is InChI=1S/C13H12Cl2N2O/c1-8-6-13(18)17-12(16-8)5-3-9-2-4-10(14)7-11(9)15/h2,4,6-7H,3,5H2,1H3,(H,16,17,18). The van der Waals surface area contributed by atoms with Gasteiger partial charge in [0.05, 0.1) is 0 Å². The third kappa shape index (κ3) is 3.34. The van der Waals surface area contributed by atoms with Crippen molar-refractivity contribution in [2.75, 3.05) is 0 Å². The molecule has 1 heterocycles. The van der Waals surface area contributed by atoms with Crippen LogP contribution in [0, 0.1) is 6.92 Å². The number of nitrogens with one attached hydrogen (secondary N) is 1. The largest absolute Gasteiger partial charge is 0.311 e. The summed E-state index contributed by atoms with van der Waals surface area (Å²) in [4.78, 5) is 18.3. The van der Waals surface area contributed by atoms with Crippen LogP contribution < -0.4 is 5.56 Å². The summed E-state index contributed by atoms with van der Waals surface area (Å²) in [6.07, 6.45) is 1.35. The normalized spacial score (nSPS) is 10.6. The minimum absolute atomic E-state index is 0.125. The Labute approximate surface area is 115 Å². The van der Waals surface area contributed by atoms with E-state index in [-0.39, 0.29) is 5.56 Å². The second kappa shape index (κ2) is 5.55. The van der Waals surface area contributed by atoms with E-state index >= 15 is 0 Å². The van der Waals surface area contributed by atoms with Crippen LogP contribution in [0.2, 0.25) is 10.0 Å². The van der Waals surface area contributed by atoms with Crippen LogP contribution in [0.1, 0.15) is 17.1 Å². The molecule has 0 aliphatic rings. The number of nitrogens with zero attached hydrogens (tertiary/aromatic N) is 1. The minimum atomic E-state index is -0.125. The average molecular weight is 283 g/mol. The van der Waals surface area contributed by atoms with Gasteiger partial charge in [-0.1, -0.05) is 29.3 Å². The highest BCUT2D eigenvalue weighted by Crippen LogP contribution is 2.21. The number of halogens is 2. The number of rotatable bonds is 3. The molecule has 0 aliphatic heterocycles. The average Bonchev–Trinajstić information content (AvgIpc) is 2.26. The summed E-state index contributed by atoms with van der Waals surface area (Å²) < 4.78 is 0. The zero-order valence-electron chi connectivity index (χ0n) is 9.84. The molecule has 0 amide bonds. The number of hydrogen-bond donors (Lipinski definition) is 1. The number of aryl methyl sites for hydroxylation is 3. The van der Waals surface area contributed by atoms with Gasteiger partial charge in [0.25, 0.3) is 5.56 Å². The molecule has 1 aromatic carbocycles. The molecule has 1 aromatic heterocycles. The molecule has 0 radical (unpaired) electrons. The summed E-state index contributed by atoms with van der Waals surface area (Å²) in [6, 6.07) is 6.87. The predicted octanol–water partition coefficient (Wildman–Crippen LogP) is 3.17. The Morgan fingerprint density at radius 2 is 2.00 bits per heavy atom. The predicted molar refractivity (Wildman–Crippen MR) is 73.5 cm³/mol. The van der Waals surface area contributed by atoms with E-state index in [1.54, 1.807) is 19.1 Å². The van der Waals surface area contributed by atoms with Gasteiger partial charge in [0, 0.05) is 28.2 Å². The van der Waals surface area contributed by atoms with Crippen LogP contribution in [-0.4, -0.2) is 9.97 Å². The van der Waals surface area contributed by atoms with Crippen molar-refractivity contribution in [2.45, 2.75) is 19.8 Å². The van der Waals surface area contributed by atoms with E-state index in [0.717, 1.165) is 11.3 Å². The van der Waals surface area contributed by atoms with Gasteiger partial charge in [0.15, 0.2) is 0 Å². The molecule has 0 bridgehead atoms. The smallest absolute Gasteiger partial charge is 0.251 e. The van der Waals surface area contributed by atoms with Crippen LogP contribution in [-0.2, 0) is 12.8 Å². The fourth-order valence-electron chi connectivity index (χ4n) is 1.74. The van der Waals surface area contributed by atoms with Crippen molar-refractivity contribution in [3.63, 3.8) is 0 Å². The van der Waals surface area contributed by atoms with Crippen LogP contribution in [0.25, 0.3) is 0 Å². The lowest BCUT2D eigenvalue weighted by Crippen LogP contribution is -2.12. The molecule has 5 heteroatoms. The van der Waals surface area contributed by atoms with E-state index in [9.17, 15) is 4.79 Å². The van der Waals surface area contributed by atoms with Crippen LogP contribution in [0.4, 0.5) is 0 Å². The fraction of sp³-hybridized carbons (Fsp3) is 0.231. The quantitative estimate of drug-likeness (QED) is 0.940. The van der Waals surface area contributed by atoms with Crippen molar-refractivity contribution in [3.8, 4) is 0 Å². The monoisotopic (exact) mass is 282 g/mol. The van der Waals surface area contributed by atoms with Crippen LogP contribution in [0.3, 0.4) is 0 Å². The maximum atomic E-state index is 11.3. The lowest BCUT2D eigenvalue weighted by Gasteiger charge is -2.05. The third-order valence-corrected chi connectivity index (χ3v) is 3.15. The summed E-state index contributed by atoms with van der Waals surface area (Å²) >= 11 is 11.9. The van der Waals surface area contributed by atoms with E-state index in [1.165, 1.54) is 6.07 Å². The molecule has 0 saturated carbocycles. The summed E-state index contributed by atoms with van der Waals surface area (Å²) in [5.74, 6) is 0.672. The first kappa shape index (κ1) is 13.1. The first-order valence-electron chi connectivity index (χ1n) is 5.55. The Bertz CT molecular complexity index is 623. The van der Waals surface area contributed by atoms with Gasteiger partial charge in [-0.15, -0.1) is 0 Å². The van der Waals surface area contributed by atoms with E-state index in [0.29, 0.717) is 28.7 Å². The Hall–Kier alpha value is -1.32. The first-order chi connectivity index (χ1) is 8.54. The Kier molecular flexibility index (Phi) is 4.04. The Morgan fingerprint density at radius 3 is 2.67 bits per heavy atom. The van der Waals surface area contributed by atoms with E-state index in [1.807, 2.05) is 6.07 Å². The molecule has 0 aliphatic carbocycles. The molecule has 1 N–H and O–H groups in total. The van der Waals surface area contributed by atoms with E-state index in [2.05, 4.69) is 9.97 Å². The van der Waals surface area contributed by atoms with Gasteiger partial charge in [-0.25, -0.2) is 4.98 Å². The van der Waals surface area contributed by atoms with Gasteiger partial charge in [-0.05, 0) is 31.0 Å². The highest BCUT2D eigenvalue weighted by atomic mass is 35.5. The van der Waals surface area contributed by atoms with E-state index < -0.39 is 0 Å². The summed E-state index contributed by atoms with van der Waals surface area (Å²) in [7, 11) is 0. The zero-order chi connectivity index (χ0) is 13.1. The summed E-state index contributed by atoms with van der Waals surface area (Å²) in [5, 5.41) is 1.25. The van der Waals surface area contributed by atoms with Gasteiger partial charge >= 0.3 is 0 Å². The molecule has 0 fully saturated rings. The molecular formula is C13H12Cl2N2O. The number of benzene rings is 1. The van der Waals surface area contributed by atoms with Crippen molar-refractivity contribution in [1.82, 2.24) is 9.97 Å². The molecule has 2 rings (SSSR count). The van der Waals surface area contributed by atoms with Crippen molar-refractivity contribution in [3.05, 3.63) is 61.7 Å². The van der Waals surface area contributed by atoms with Crippen molar-refractivity contribution >= 4 is 23.2 Å². The fourth-order valence-corrected chi connectivity index (χ4v) is 2.24. The molecule has 0 spiro atoms. The van der Waals surface area contributed by atoms with Crippen molar-refractivity contribution in [1.29, 1.82) is 0 Å². The second-order valence-corrected chi connectivity index (χ2v) is 4.91. The Morgan fingerprint density at radius 1 is 1.22 bits per heavy atom. The minimum Gasteiger partial charge on any atom is -0.311 e. The van der Waals surface area contributed by atoms with Crippen LogP contribution in [0.5, 0.6) is 0 Å². The van der Waals surface area contributed by atoms with Gasteiger partial charge < -0.3 is 4.98 Å². The summed E-state index contributed by atoms with van der Waals surface area (Å²) in [6.45, 7) is 1.80. The molecular weight excluding hydrogens is 271 g/mol. The second-order valence-electron chi connectivity index (χ2n) is 4.07. The SMILES string of the molecule is Cc1cc(=O)[nH]c(CCc2ccc(Cl)cc2Cl)n1. The van der Waals surface area contributed by atoms with Gasteiger partial charge in [0.2, 0.25) is 0 Å².